The Kier molecular flexibility index (Phi) is 4.71. The Bertz CT molecular complexity index is 150. The van der Waals surface area contributed by atoms with E-state index in [9.17, 15) is 0 Å². The third-order valence-corrected chi connectivity index (χ3v) is 1.74. The molecule has 0 aliphatic heterocycles. The van der Waals surface area contributed by atoms with Gasteiger partial charge in [0.05, 0.1) is 6.04 Å². The van der Waals surface area contributed by atoms with Gasteiger partial charge in [-0.05, 0) is 26.7 Å². The highest BCUT2D eigenvalue weighted by Crippen LogP contribution is 2.03. The fourth-order valence-corrected chi connectivity index (χ4v) is 0.701. The molecule has 0 saturated heterocycles. The quantitative estimate of drug-likeness (QED) is 0.497. The van der Waals surface area contributed by atoms with Crippen LogP contribution in [0, 0.1) is 5.92 Å². The first-order chi connectivity index (χ1) is 5.43. The van der Waals surface area contributed by atoms with Gasteiger partial charge < -0.3 is 11.1 Å². The van der Waals surface area contributed by atoms with Gasteiger partial charge in [-0.2, -0.15) is 0 Å². The van der Waals surface area contributed by atoms with Crippen LogP contribution in [0.1, 0.15) is 34.6 Å². The van der Waals surface area contributed by atoms with Crippen LogP contribution in [0.2, 0.25) is 0 Å². The van der Waals surface area contributed by atoms with Crippen LogP contribution in [0.15, 0.2) is 4.99 Å². The summed E-state index contributed by atoms with van der Waals surface area (Å²) in [6.45, 7) is 10.4. The van der Waals surface area contributed by atoms with Gasteiger partial charge in [0.2, 0.25) is 0 Å². The van der Waals surface area contributed by atoms with Crippen molar-refractivity contribution in [2.75, 3.05) is 0 Å². The second kappa shape index (κ2) is 5.01. The third kappa shape index (κ3) is 4.99. The van der Waals surface area contributed by atoms with E-state index in [1.807, 2.05) is 13.8 Å². The molecular formula is C9H21N3. The highest BCUT2D eigenvalue weighted by molar-refractivity contribution is 5.78. The van der Waals surface area contributed by atoms with E-state index in [2.05, 4.69) is 31.1 Å². The van der Waals surface area contributed by atoms with E-state index >= 15 is 0 Å². The summed E-state index contributed by atoms with van der Waals surface area (Å²) in [6, 6.07) is 0.643. The zero-order chi connectivity index (χ0) is 9.72. The predicted molar refractivity (Wildman–Crippen MR) is 54.2 cm³/mol. The topological polar surface area (TPSA) is 50.4 Å². The summed E-state index contributed by atoms with van der Waals surface area (Å²) in [5.74, 6) is 1.09. The summed E-state index contributed by atoms with van der Waals surface area (Å²) >= 11 is 0. The van der Waals surface area contributed by atoms with Crippen LogP contribution in [0.25, 0.3) is 0 Å². The second-order valence-electron chi connectivity index (χ2n) is 3.80. The molecule has 0 rings (SSSR count). The first-order valence-electron chi connectivity index (χ1n) is 4.53. The van der Waals surface area contributed by atoms with Gasteiger partial charge >= 0.3 is 0 Å². The van der Waals surface area contributed by atoms with Crippen LogP contribution in [-0.4, -0.2) is 18.0 Å². The van der Waals surface area contributed by atoms with Gasteiger partial charge in [-0.25, -0.2) is 0 Å². The van der Waals surface area contributed by atoms with Gasteiger partial charge in [-0.15, -0.1) is 0 Å². The molecule has 0 saturated carbocycles. The fourth-order valence-electron chi connectivity index (χ4n) is 0.701. The first-order valence-corrected chi connectivity index (χ1v) is 4.53. The van der Waals surface area contributed by atoms with E-state index in [4.69, 9.17) is 5.73 Å². The fraction of sp³-hybridized carbons (Fsp3) is 0.889. The van der Waals surface area contributed by atoms with E-state index < -0.39 is 0 Å². The number of rotatable bonds is 3. The lowest BCUT2D eigenvalue weighted by Crippen LogP contribution is -2.37. The lowest BCUT2D eigenvalue weighted by atomic mass is 10.1. The molecule has 1 unspecified atom stereocenters. The van der Waals surface area contributed by atoms with Crippen molar-refractivity contribution in [1.29, 1.82) is 0 Å². The van der Waals surface area contributed by atoms with Crippen LogP contribution in [-0.2, 0) is 0 Å². The molecule has 72 valence electrons. The van der Waals surface area contributed by atoms with Crippen molar-refractivity contribution in [2.45, 2.75) is 46.7 Å². The zero-order valence-corrected chi connectivity index (χ0v) is 8.76. The van der Waals surface area contributed by atoms with Crippen LogP contribution in [0.3, 0.4) is 0 Å². The average Bonchev–Trinajstić information content (AvgIpc) is 1.84. The summed E-state index contributed by atoms with van der Waals surface area (Å²) in [4.78, 5) is 4.30. The Labute approximate surface area is 75.4 Å². The predicted octanol–water partition coefficient (Wildman–Crippen LogP) is 1.34. The van der Waals surface area contributed by atoms with Gasteiger partial charge in [-0.1, -0.05) is 13.8 Å². The maximum absolute atomic E-state index is 5.65. The van der Waals surface area contributed by atoms with E-state index in [1.165, 1.54) is 0 Å². The zero-order valence-electron chi connectivity index (χ0n) is 8.76. The van der Waals surface area contributed by atoms with E-state index in [0.29, 0.717) is 17.9 Å². The minimum Gasteiger partial charge on any atom is -0.370 e. The van der Waals surface area contributed by atoms with Crippen molar-refractivity contribution in [3.63, 3.8) is 0 Å². The Hall–Kier alpha value is -0.730. The number of nitrogens with two attached hydrogens (primary N) is 1. The van der Waals surface area contributed by atoms with Crippen LogP contribution in [0.4, 0.5) is 0 Å². The molecule has 3 N–H and O–H groups in total. The highest BCUT2D eigenvalue weighted by Gasteiger charge is 2.05. The van der Waals surface area contributed by atoms with Gasteiger partial charge in [0, 0.05) is 6.04 Å². The molecule has 3 nitrogen and oxygen atoms in total. The molecule has 0 aromatic carbocycles. The molecule has 0 radical (unpaired) electrons. The number of guanidine groups is 1. The van der Waals surface area contributed by atoms with Gasteiger partial charge in [0.25, 0.3) is 0 Å². The molecule has 0 aromatic heterocycles. The van der Waals surface area contributed by atoms with Crippen LogP contribution < -0.4 is 11.1 Å². The second-order valence-corrected chi connectivity index (χ2v) is 3.80. The molecule has 0 aliphatic rings. The van der Waals surface area contributed by atoms with Crippen molar-refractivity contribution in [3.05, 3.63) is 0 Å². The molecule has 1 atom stereocenters. The number of nitrogens with one attached hydrogen (secondary N) is 1. The van der Waals surface area contributed by atoms with Crippen LogP contribution >= 0.6 is 0 Å². The molecule has 0 heterocycles. The molecule has 3 heteroatoms. The SMILES string of the molecule is CC(C)NC(N)=NC(C)C(C)C. The van der Waals surface area contributed by atoms with Crippen molar-refractivity contribution in [1.82, 2.24) is 5.32 Å². The van der Waals surface area contributed by atoms with E-state index in [1.54, 1.807) is 0 Å². The summed E-state index contributed by atoms with van der Waals surface area (Å²) in [7, 11) is 0. The lowest BCUT2D eigenvalue weighted by molar-refractivity contribution is 0.527. The Balaban J connectivity index is 3.97. The standard InChI is InChI=1S/C9H21N3/c1-6(2)8(5)12-9(10)11-7(3)4/h6-8H,1-5H3,(H3,10,11,12). The van der Waals surface area contributed by atoms with Gasteiger partial charge in [0.15, 0.2) is 5.96 Å². The molecule has 12 heavy (non-hydrogen) atoms. The first kappa shape index (κ1) is 11.3. The summed E-state index contributed by atoms with van der Waals surface area (Å²) in [5.41, 5.74) is 5.65. The normalized spacial score (nSPS) is 15.4. The highest BCUT2D eigenvalue weighted by atomic mass is 15.1. The smallest absolute Gasteiger partial charge is 0.189 e. The Morgan fingerprint density at radius 3 is 2.00 bits per heavy atom. The number of aliphatic imine (C=N–C) groups is 1. The van der Waals surface area contributed by atoms with E-state index in [-0.39, 0.29) is 6.04 Å². The summed E-state index contributed by atoms with van der Waals surface area (Å²) < 4.78 is 0. The lowest BCUT2D eigenvalue weighted by Gasteiger charge is -2.14. The maximum atomic E-state index is 5.65. The average molecular weight is 171 g/mol. The van der Waals surface area contributed by atoms with Crippen molar-refractivity contribution in [2.24, 2.45) is 16.6 Å². The minimum absolute atomic E-state index is 0.288. The molecule has 0 spiro atoms. The molecule has 0 bridgehead atoms. The Morgan fingerprint density at radius 2 is 1.67 bits per heavy atom. The number of hydrogen-bond acceptors (Lipinski definition) is 1. The van der Waals surface area contributed by atoms with Gasteiger partial charge in [0.1, 0.15) is 0 Å². The monoisotopic (exact) mass is 171 g/mol. The minimum atomic E-state index is 0.288. The van der Waals surface area contributed by atoms with Gasteiger partial charge in [-0.3, -0.25) is 4.99 Å². The molecule has 0 fully saturated rings. The molecule has 0 aromatic rings. The Morgan fingerprint density at radius 1 is 1.17 bits per heavy atom. The third-order valence-electron chi connectivity index (χ3n) is 1.74. The van der Waals surface area contributed by atoms with Crippen molar-refractivity contribution >= 4 is 5.96 Å². The maximum Gasteiger partial charge on any atom is 0.189 e. The molecule has 0 amide bonds. The molecular weight excluding hydrogens is 150 g/mol. The number of hydrogen-bond donors (Lipinski definition) is 2. The largest absolute Gasteiger partial charge is 0.370 e. The summed E-state index contributed by atoms with van der Waals surface area (Å²) in [5, 5.41) is 3.06. The molecule has 0 aliphatic carbocycles. The van der Waals surface area contributed by atoms with Crippen molar-refractivity contribution in [3.8, 4) is 0 Å². The number of nitrogens with zero attached hydrogens (tertiary/aromatic N) is 1. The van der Waals surface area contributed by atoms with Crippen molar-refractivity contribution < 1.29 is 0 Å². The van der Waals surface area contributed by atoms with E-state index in [0.717, 1.165) is 0 Å². The summed E-state index contributed by atoms with van der Waals surface area (Å²) in [6.07, 6.45) is 0. The van der Waals surface area contributed by atoms with Crippen LogP contribution in [0.5, 0.6) is 0 Å².